The lowest BCUT2D eigenvalue weighted by molar-refractivity contribution is -0.140. The van der Waals surface area contributed by atoms with Crippen molar-refractivity contribution >= 4 is 5.97 Å². The first-order valence-electron chi connectivity index (χ1n) is 2.63. The van der Waals surface area contributed by atoms with Gasteiger partial charge in [0.1, 0.15) is 0 Å². The molecule has 1 unspecified atom stereocenters. The largest absolute Gasteiger partial charge is 0.469 e. The summed E-state index contributed by atoms with van der Waals surface area (Å²) in [6, 6.07) is 0.405. The summed E-state index contributed by atoms with van der Waals surface area (Å²) in [5, 5.41) is 3.00. The van der Waals surface area contributed by atoms with Crippen LogP contribution in [0, 0.1) is 0 Å². The van der Waals surface area contributed by atoms with E-state index in [0.29, 0.717) is 12.5 Å². The summed E-state index contributed by atoms with van der Waals surface area (Å²) in [6.45, 7) is 0.967. The molecule has 1 aliphatic rings. The SMILES string of the molecule is COC(=O)CC1CN1. The number of methoxy groups -OCH3 is 1. The standard InChI is InChI=1S/C5H9NO2/c1-8-5(7)2-4-3-6-4/h4,6H,2-3H2,1H3. The van der Waals surface area contributed by atoms with Gasteiger partial charge in [0, 0.05) is 12.6 Å². The highest BCUT2D eigenvalue weighted by Gasteiger charge is 2.23. The zero-order valence-corrected chi connectivity index (χ0v) is 4.81. The van der Waals surface area contributed by atoms with Crippen LogP contribution in [0.1, 0.15) is 6.42 Å². The zero-order chi connectivity index (χ0) is 5.98. The number of rotatable bonds is 2. The fraction of sp³-hybridized carbons (Fsp3) is 0.800. The molecule has 46 valence electrons. The molecule has 3 nitrogen and oxygen atoms in total. The number of hydrogen-bond acceptors (Lipinski definition) is 3. The van der Waals surface area contributed by atoms with E-state index in [9.17, 15) is 4.79 Å². The second-order valence-corrected chi connectivity index (χ2v) is 1.89. The van der Waals surface area contributed by atoms with Gasteiger partial charge < -0.3 is 10.1 Å². The van der Waals surface area contributed by atoms with E-state index in [1.165, 1.54) is 7.11 Å². The van der Waals surface area contributed by atoms with Gasteiger partial charge in [0.15, 0.2) is 0 Å². The maximum absolute atomic E-state index is 10.4. The van der Waals surface area contributed by atoms with Gasteiger partial charge in [0.05, 0.1) is 13.5 Å². The van der Waals surface area contributed by atoms with Crippen molar-refractivity contribution in [2.75, 3.05) is 13.7 Å². The zero-order valence-electron chi connectivity index (χ0n) is 4.81. The van der Waals surface area contributed by atoms with E-state index in [0.717, 1.165) is 6.54 Å². The molecule has 1 heterocycles. The number of hydrogen-bond donors (Lipinski definition) is 1. The second kappa shape index (κ2) is 2.13. The van der Waals surface area contributed by atoms with Crippen molar-refractivity contribution in [2.45, 2.75) is 12.5 Å². The van der Waals surface area contributed by atoms with Gasteiger partial charge in [-0.15, -0.1) is 0 Å². The molecule has 8 heavy (non-hydrogen) atoms. The number of carbonyl (C=O) groups is 1. The minimum absolute atomic E-state index is 0.125. The highest BCUT2D eigenvalue weighted by atomic mass is 16.5. The highest BCUT2D eigenvalue weighted by molar-refractivity contribution is 5.70. The smallest absolute Gasteiger partial charge is 0.307 e. The second-order valence-electron chi connectivity index (χ2n) is 1.89. The van der Waals surface area contributed by atoms with Crippen molar-refractivity contribution in [1.29, 1.82) is 0 Å². The minimum Gasteiger partial charge on any atom is -0.469 e. The fourth-order valence-electron chi connectivity index (χ4n) is 0.512. The summed E-state index contributed by atoms with van der Waals surface area (Å²) in [7, 11) is 1.41. The molecule has 0 aromatic rings. The Labute approximate surface area is 48.0 Å². The predicted molar refractivity (Wildman–Crippen MR) is 28.4 cm³/mol. The summed E-state index contributed by atoms with van der Waals surface area (Å²) in [4.78, 5) is 10.4. The van der Waals surface area contributed by atoms with E-state index in [4.69, 9.17) is 0 Å². The van der Waals surface area contributed by atoms with Crippen LogP contribution in [-0.4, -0.2) is 25.7 Å². The molecule has 1 rings (SSSR count). The maximum Gasteiger partial charge on any atom is 0.307 e. The molecule has 0 aromatic carbocycles. The molecule has 1 atom stereocenters. The van der Waals surface area contributed by atoms with Gasteiger partial charge in [-0.05, 0) is 0 Å². The number of ether oxygens (including phenoxy) is 1. The van der Waals surface area contributed by atoms with Gasteiger partial charge in [-0.2, -0.15) is 0 Å². The average Bonchev–Trinajstić information content (AvgIpc) is 2.50. The molecular weight excluding hydrogens is 106 g/mol. The summed E-state index contributed by atoms with van der Waals surface area (Å²) in [5.74, 6) is -0.125. The maximum atomic E-state index is 10.4. The van der Waals surface area contributed by atoms with Crippen molar-refractivity contribution < 1.29 is 9.53 Å². The van der Waals surface area contributed by atoms with Crippen molar-refractivity contribution in [3.63, 3.8) is 0 Å². The van der Waals surface area contributed by atoms with Crippen LogP contribution in [0.3, 0.4) is 0 Å². The first-order valence-corrected chi connectivity index (χ1v) is 2.63. The van der Waals surface area contributed by atoms with Crippen LogP contribution in [0.4, 0.5) is 0 Å². The molecule has 0 spiro atoms. The molecule has 0 amide bonds. The molecule has 0 aromatic heterocycles. The lowest BCUT2D eigenvalue weighted by Crippen LogP contribution is -2.05. The van der Waals surface area contributed by atoms with Gasteiger partial charge in [-0.25, -0.2) is 0 Å². The molecule has 0 radical (unpaired) electrons. The lowest BCUT2D eigenvalue weighted by Gasteiger charge is -1.92. The van der Waals surface area contributed by atoms with Gasteiger partial charge in [0.25, 0.3) is 0 Å². The molecule has 1 fully saturated rings. The van der Waals surface area contributed by atoms with E-state index in [2.05, 4.69) is 10.1 Å². The number of nitrogens with one attached hydrogen (secondary N) is 1. The Hall–Kier alpha value is -0.570. The first-order chi connectivity index (χ1) is 3.83. The van der Waals surface area contributed by atoms with Crippen LogP contribution in [0.2, 0.25) is 0 Å². The molecule has 0 saturated carbocycles. The third-order valence-electron chi connectivity index (χ3n) is 1.13. The van der Waals surface area contributed by atoms with Crippen molar-refractivity contribution in [3.05, 3.63) is 0 Å². The van der Waals surface area contributed by atoms with Crippen LogP contribution in [0.5, 0.6) is 0 Å². The molecule has 1 saturated heterocycles. The van der Waals surface area contributed by atoms with Gasteiger partial charge in [-0.1, -0.05) is 0 Å². The van der Waals surface area contributed by atoms with Crippen LogP contribution in [-0.2, 0) is 9.53 Å². The Morgan fingerprint density at radius 3 is 3.00 bits per heavy atom. The summed E-state index contributed by atoms with van der Waals surface area (Å²) in [5.41, 5.74) is 0. The van der Waals surface area contributed by atoms with Gasteiger partial charge in [-0.3, -0.25) is 4.79 Å². The Bertz CT molecular complexity index is 98.6. The molecule has 1 aliphatic heterocycles. The lowest BCUT2D eigenvalue weighted by atomic mass is 10.3. The summed E-state index contributed by atoms with van der Waals surface area (Å²) >= 11 is 0. The Balaban J connectivity index is 2.07. The van der Waals surface area contributed by atoms with E-state index in [-0.39, 0.29) is 5.97 Å². The van der Waals surface area contributed by atoms with Crippen LogP contribution < -0.4 is 5.32 Å². The monoisotopic (exact) mass is 115 g/mol. The summed E-state index contributed by atoms with van der Waals surface area (Å²) < 4.78 is 4.42. The first kappa shape index (κ1) is 5.56. The minimum atomic E-state index is -0.125. The Morgan fingerprint density at radius 2 is 2.62 bits per heavy atom. The van der Waals surface area contributed by atoms with Crippen LogP contribution in [0.25, 0.3) is 0 Å². The van der Waals surface area contributed by atoms with Gasteiger partial charge >= 0.3 is 5.97 Å². The van der Waals surface area contributed by atoms with Gasteiger partial charge in [0.2, 0.25) is 0 Å². The highest BCUT2D eigenvalue weighted by Crippen LogP contribution is 2.02. The average molecular weight is 115 g/mol. The third-order valence-corrected chi connectivity index (χ3v) is 1.13. The Morgan fingerprint density at radius 1 is 2.00 bits per heavy atom. The van der Waals surface area contributed by atoms with Crippen molar-refractivity contribution in [2.24, 2.45) is 0 Å². The third kappa shape index (κ3) is 1.50. The quantitative estimate of drug-likeness (QED) is 0.390. The predicted octanol–water partition coefficient (Wildman–Crippen LogP) is -0.479. The topological polar surface area (TPSA) is 48.2 Å². The molecule has 3 heteroatoms. The van der Waals surface area contributed by atoms with E-state index in [1.54, 1.807) is 0 Å². The number of carbonyl (C=O) groups excluding carboxylic acids is 1. The van der Waals surface area contributed by atoms with E-state index < -0.39 is 0 Å². The fourth-order valence-corrected chi connectivity index (χ4v) is 0.512. The van der Waals surface area contributed by atoms with Crippen molar-refractivity contribution in [1.82, 2.24) is 5.32 Å². The van der Waals surface area contributed by atoms with Crippen LogP contribution >= 0.6 is 0 Å². The van der Waals surface area contributed by atoms with Crippen LogP contribution in [0.15, 0.2) is 0 Å². The normalized spacial score (nSPS) is 24.9. The molecular formula is C5H9NO2. The Kier molecular flexibility index (Phi) is 1.48. The number of esters is 1. The molecule has 1 N–H and O–H groups in total. The van der Waals surface area contributed by atoms with E-state index in [1.807, 2.05) is 0 Å². The molecule has 0 bridgehead atoms. The van der Waals surface area contributed by atoms with Crippen molar-refractivity contribution in [3.8, 4) is 0 Å². The summed E-state index contributed by atoms with van der Waals surface area (Å²) in [6.07, 6.45) is 0.524. The van der Waals surface area contributed by atoms with E-state index >= 15 is 0 Å². The molecule has 0 aliphatic carbocycles.